The number of hydrogen-bond acceptors (Lipinski definition) is 3. The van der Waals surface area contributed by atoms with Crippen molar-refractivity contribution in [2.75, 3.05) is 0 Å². The molecule has 3 rings (SSSR count). The van der Waals surface area contributed by atoms with Crippen LogP contribution in [0.1, 0.15) is 15.9 Å². The van der Waals surface area contributed by atoms with Crippen LogP contribution in [0, 0.1) is 6.07 Å². The Morgan fingerprint density at radius 2 is 1.65 bits per heavy atom. The number of benzene rings is 2. The predicted molar refractivity (Wildman–Crippen MR) is 60.6 cm³/mol. The second-order valence-electron chi connectivity index (χ2n) is 3.74. The van der Waals surface area contributed by atoms with Gasteiger partial charge in [-0.25, -0.2) is 8.42 Å². The minimum absolute atomic E-state index is 0.0451. The van der Waals surface area contributed by atoms with E-state index in [0.29, 0.717) is 0 Å². The van der Waals surface area contributed by atoms with Crippen LogP contribution >= 0.6 is 0 Å². The third-order valence-corrected chi connectivity index (χ3v) is 4.61. The van der Waals surface area contributed by atoms with Gasteiger partial charge in [-0.3, -0.25) is 4.79 Å². The molecule has 83 valence electrons. The summed E-state index contributed by atoms with van der Waals surface area (Å²) in [4.78, 5) is 12.2. The quantitative estimate of drug-likeness (QED) is 0.605. The Kier molecular flexibility index (Phi) is 1.97. The minimum Gasteiger partial charge on any atom is -0.288 e. The molecule has 0 N–H and O–H groups in total. The molecular weight excluding hydrogens is 236 g/mol. The molecule has 0 atom stereocenters. The normalized spacial score (nSPS) is 16.1. The lowest BCUT2D eigenvalue weighted by molar-refractivity contribution is 0.103. The SMILES string of the molecule is O=C1c2[c]cccc2S(=O)(=O)c2ccccc21. The number of fused-ring (bicyclic) bond motifs is 2. The summed E-state index contributed by atoms with van der Waals surface area (Å²) in [5.74, 6) is -0.286. The summed E-state index contributed by atoms with van der Waals surface area (Å²) in [6.45, 7) is 0. The molecule has 3 nitrogen and oxygen atoms in total. The van der Waals surface area contributed by atoms with E-state index < -0.39 is 9.84 Å². The predicted octanol–water partition coefficient (Wildman–Crippen LogP) is 1.86. The van der Waals surface area contributed by atoms with E-state index in [0.717, 1.165) is 0 Å². The molecule has 0 aromatic heterocycles. The topological polar surface area (TPSA) is 51.2 Å². The van der Waals surface area contributed by atoms with Crippen LogP contribution in [-0.4, -0.2) is 14.2 Å². The maximum atomic E-state index is 12.3. The van der Waals surface area contributed by atoms with Gasteiger partial charge in [0.2, 0.25) is 9.84 Å². The third kappa shape index (κ3) is 1.27. The fraction of sp³-hybridized carbons (Fsp3) is 0. The molecule has 1 aliphatic rings. The van der Waals surface area contributed by atoms with Crippen LogP contribution in [0.25, 0.3) is 0 Å². The van der Waals surface area contributed by atoms with E-state index in [9.17, 15) is 13.2 Å². The molecule has 0 saturated heterocycles. The molecule has 0 bridgehead atoms. The van der Waals surface area contributed by atoms with E-state index in [2.05, 4.69) is 6.07 Å². The van der Waals surface area contributed by atoms with Crippen LogP contribution in [-0.2, 0) is 9.84 Å². The van der Waals surface area contributed by atoms with E-state index in [1.165, 1.54) is 18.2 Å². The average molecular weight is 243 g/mol. The fourth-order valence-corrected chi connectivity index (χ4v) is 3.59. The lowest BCUT2D eigenvalue weighted by Crippen LogP contribution is -2.19. The Hall–Kier alpha value is -1.94. The molecule has 17 heavy (non-hydrogen) atoms. The Labute approximate surface area is 98.6 Å². The summed E-state index contributed by atoms with van der Waals surface area (Å²) in [7, 11) is -3.59. The molecule has 2 aromatic rings. The molecule has 1 heterocycles. The summed E-state index contributed by atoms with van der Waals surface area (Å²) >= 11 is 0. The lowest BCUT2D eigenvalue weighted by Gasteiger charge is -2.17. The van der Waals surface area contributed by atoms with E-state index in [-0.39, 0.29) is 26.7 Å². The van der Waals surface area contributed by atoms with Crippen molar-refractivity contribution in [3.8, 4) is 0 Å². The third-order valence-electron chi connectivity index (χ3n) is 2.76. The second-order valence-corrected chi connectivity index (χ2v) is 5.62. The van der Waals surface area contributed by atoms with Gasteiger partial charge in [0, 0.05) is 11.1 Å². The van der Waals surface area contributed by atoms with Crippen molar-refractivity contribution in [1.29, 1.82) is 0 Å². The van der Waals surface area contributed by atoms with Gasteiger partial charge in [0.1, 0.15) is 0 Å². The standard InChI is InChI=1S/C13H7O3S/c14-13-9-5-1-3-7-11(9)17(15,16)12-8-4-2-6-10(12)13/h1-5,7-8H. The van der Waals surface area contributed by atoms with Crippen LogP contribution in [0.3, 0.4) is 0 Å². The lowest BCUT2D eigenvalue weighted by atomic mass is 10.0. The van der Waals surface area contributed by atoms with Crippen LogP contribution in [0.15, 0.2) is 52.3 Å². The van der Waals surface area contributed by atoms with Gasteiger partial charge in [-0.15, -0.1) is 0 Å². The largest absolute Gasteiger partial charge is 0.288 e. The number of sulfone groups is 1. The van der Waals surface area contributed by atoms with Gasteiger partial charge in [0.05, 0.1) is 9.79 Å². The molecule has 0 unspecified atom stereocenters. The Bertz CT molecular complexity index is 674. The van der Waals surface area contributed by atoms with Gasteiger partial charge in [-0.05, 0) is 24.3 Å². The highest BCUT2D eigenvalue weighted by atomic mass is 32.2. The van der Waals surface area contributed by atoms with Gasteiger partial charge in [0.25, 0.3) is 0 Å². The fourth-order valence-electron chi connectivity index (χ4n) is 1.96. The zero-order chi connectivity index (χ0) is 12.0. The zero-order valence-corrected chi connectivity index (χ0v) is 9.49. The van der Waals surface area contributed by atoms with E-state index in [4.69, 9.17) is 0 Å². The molecule has 1 aliphatic heterocycles. The minimum atomic E-state index is -3.59. The summed E-state index contributed by atoms with van der Waals surface area (Å²) in [5, 5.41) is 0. The van der Waals surface area contributed by atoms with Gasteiger partial charge in [0.15, 0.2) is 5.78 Å². The number of carbonyl (C=O) groups is 1. The van der Waals surface area contributed by atoms with Gasteiger partial charge >= 0.3 is 0 Å². The highest BCUT2D eigenvalue weighted by Gasteiger charge is 2.33. The monoisotopic (exact) mass is 243 g/mol. The highest BCUT2D eigenvalue weighted by molar-refractivity contribution is 7.91. The first-order valence-corrected chi connectivity index (χ1v) is 6.50. The molecular formula is C13H7O3S. The smallest absolute Gasteiger partial charge is 0.208 e. The zero-order valence-electron chi connectivity index (χ0n) is 8.67. The summed E-state index contributed by atoms with van der Waals surface area (Å²) in [5.41, 5.74) is 0.355. The average Bonchev–Trinajstić information content (AvgIpc) is 2.37. The second kappa shape index (κ2) is 3.28. The first-order valence-electron chi connectivity index (χ1n) is 5.02. The number of hydrogen-bond donors (Lipinski definition) is 0. The highest BCUT2D eigenvalue weighted by Crippen LogP contribution is 2.33. The van der Waals surface area contributed by atoms with Crippen molar-refractivity contribution >= 4 is 15.6 Å². The van der Waals surface area contributed by atoms with Crippen molar-refractivity contribution in [2.45, 2.75) is 9.79 Å². The van der Waals surface area contributed by atoms with Crippen molar-refractivity contribution in [2.24, 2.45) is 0 Å². The molecule has 1 radical (unpaired) electrons. The number of carbonyl (C=O) groups excluding carboxylic acids is 1. The number of ketones is 1. The van der Waals surface area contributed by atoms with Gasteiger partial charge < -0.3 is 0 Å². The first-order chi connectivity index (χ1) is 8.12. The Balaban J connectivity index is 2.47. The Morgan fingerprint density at radius 3 is 2.47 bits per heavy atom. The first kappa shape index (κ1) is 10.2. The van der Waals surface area contributed by atoms with E-state index >= 15 is 0 Å². The molecule has 0 amide bonds. The maximum Gasteiger partial charge on any atom is 0.208 e. The van der Waals surface area contributed by atoms with Crippen molar-refractivity contribution in [1.82, 2.24) is 0 Å². The van der Waals surface area contributed by atoms with Crippen LogP contribution in [0.5, 0.6) is 0 Å². The number of rotatable bonds is 0. The molecule has 4 heteroatoms. The van der Waals surface area contributed by atoms with Gasteiger partial charge in [-0.1, -0.05) is 24.3 Å². The van der Waals surface area contributed by atoms with Crippen molar-refractivity contribution in [3.05, 3.63) is 59.7 Å². The maximum absolute atomic E-state index is 12.3. The van der Waals surface area contributed by atoms with E-state index in [1.807, 2.05) is 0 Å². The summed E-state index contributed by atoms with van der Waals surface area (Å²) in [6.07, 6.45) is 0. The van der Waals surface area contributed by atoms with Crippen molar-refractivity contribution in [3.63, 3.8) is 0 Å². The molecule has 0 saturated carbocycles. The Morgan fingerprint density at radius 1 is 0.941 bits per heavy atom. The van der Waals surface area contributed by atoms with Crippen LogP contribution < -0.4 is 0 Å². The van der Waals surface area contributed by atoms with Crippen LogP contribution in [0.2, 0.25) is 0 Å². The molecule has 0 aliphatic carbocycles. The molecule has 0 spiro atoms. The van der Waals surface area contributed by atoms with Gasteiger partial charge in [-0.2, -0.15) is 0 Å². The summed E-state index contributed by atoms with van der Waals surface area (Å²) in [6, 6.07) is 13.5. The van der Waals surface area contributed by atoms with E-state index in [1.54, 1.807) is 24.3 Å². The summed E-state index contributed by atoms with van der Waals surface area (Å²) < 4.78 is 24.5. The molecule has 2 aromatic carbocycles. The molecule has 0 fully saturated rings. The van der Waals surface area contributed by atoms with Crippen LogP contribution in [0.4, 0.5) is 0 Å². The van der Waals surface area contributed by atoms with Crippen molar-refractivity contribution < 1.29 is 13.2 Å².